The zero-order valence-electron chi connectivity index (χ0n) is 17.0. The van der Waals surface area contributed by atoms with Gasteiger partial charge in [-0.3, -0.25) is 19.8 Å². The van der Waals surface area contributed by atoms with Crippen LogP contribution in [0, 0.1) is 0 Å². The molecule has 11 heteroatoms. The predicted octanol–water partition coefficient (Wildman–Crippen LogP) is 0.900. The van der Waals surface area contributed by atoms with Crippen LogP contribution >= 0.6 is 24.0 Å². The Hall–Kier alpha value is -2.15. The number of nitrogens with one attached hydrogen (secondary N) is 3. The van der Waals surface area contributed by atoms with Gasteiger partial charge in [-0.25, -0.2) is 4.98 Å². The molecule has 3 N–H and O–H groups in total. The summed E-state index contributed by atoms with van der Waals surface area (Å²) in [5, 5.41) is 13.3. The quantitative estimate of drug-likeness (QED) is 0.297. The van der Waals surface area contributed by atoms with Gasteiger partial charge in [-0.1, -0.05) is 0 Å². The molecule has 0 aromatic carbocycles. The summed E-state index contributed by atoms with van der Waals surface area (Å²) in [4.78, 5) is 25.0. The van der Waals surface area contributed by atoms with Gasteiger partial charge in [0.1, 0.15) is 5.82 Å². The second kappa shape index (κ2) is 11.1. The minimum absolute atomic E-state index is 0. The minimum atomic E-state index is 0. The average molecular weight is 516 g/mol. The summed E-state index contributed by atoms with van der Waals surface area (Å²) in [5.74, 6) is 2.75. The molecule has 0 unspecified atom stereocenters. The molecule has 0 aliphatic carbocycles. The zero-order chi connectivity index (χ0) is 19.9. The van der Waals surface area contributed by atoms with Crippen LogP contribution in [0.1, 0.15) is 19.7 Å². The van der Waals surface area contributed by atoms with Gasteiger partial charge in [0.05, 0.1) is 19.4 Å². The molecule has 3 heterocycles. The van der Waals surface area contributed by atoms with Gasteiger partial charge in [0, 0.05) is 39.3 Å². The van der Waals surface area contributed by atoms with Gasteiger partial charge in [0.25, 0.3) is 0 Å². The van der Waals surface area contributed by atoms with Gasteiger partial charge in [-0.05, 0) is 26.0 Å². The van der Waals surface area contributed by atoms with Crippen LogP contribution < -0.4 is 10.6 Å². The molecule has 1 saturated heterocycles. The summed E-state index contributed by atoms with van der Waals surface area (Å²) >= 11 is 0. The number of nitrogens with zero attached hydrogens (tertiary/aromatic N) is 5. The third kappa shape index (κ3) is 6.70. The summed E-state index contributed by atoms with van der Waals surface area (Å²) < 4.78 is 5.30. The topological polar surface area (TPSA) is 115 Å². The third-order valence-corrected chi connectivity index (χ3v) is 4.39. The van der Waals surface area contributed by atoms with Crippen molar-refractivity contribution in [3.05, 3.63) is 24.2 Å². The predicted molar refractivity (Wildman–Crippen MR) is 121 cm³/mol. The second-order valence-electron chi connectivity index (χ2n) is 6.97. The summed E-state index contributed by atoms with van der Waals surface area (Å²) in [6.07, 6.45) is 1.59. The molecule has 1 aliphatic rings. The fourth-order valence-corrected chi connectivity index (χ4v) is 3.07. The van der Waals surface area contributed by atoms with Crippen molar-refractivity contribution >= 4 is 35.8 Å². The molecule has 0 saturated carbocycles. The number of amides is 1. The van der Waals surface area contributed by atoms with E-state index in [-0.39, 0.29) is 35.9 Å². The summed E-state index contributed by atoms with van der Waals surface area (Å²) in [5.41, 5.74) is 0. The number of aromatic nitrogens is 3. The van der Waals surface area contributed by atoms with E-state index < -0.39 is 0 Å². The van der Waals surface area contributed by atoms with E-state index in [2.05, 4.69) is 40.6 Å². The molecule has 2 aromatic rings. The van der Waals surface area contributed by atoms with Crippen LogP contribution in [0.25, 0.3) is 11.6 Å². The lowest BCUT2D eigenvalue weighted by atomic mass is 10.3. The smallest absolute Gasteiger partial charge is 0.234 e. The Morgan fingerprint density at radius 2 is 2.10 bits per heavy atom. The number of guanidine groups is 1. The molecule has 1 amide bonds. The van der Waals surface area contributed by atoms with Crippen LogP contribution in [0.15, 0.2) is 27.8 Å². The first-order valence-electron chi connectivity index (χ1n) is 9.47. The van der Waals surface area contributed by atoms with Crippen molar-refractivity contribution in [3.63, 3.8) is 0 Å². The monoisotopic (exact) mass is 516 g/mol. The van der Waals surface area contributed by atoms with E-state index in [4.69, 9.17) is 4.42 Å². The highest BCUT2D eigenvalue weighted by molar-refractivity contribution is 14.0. The van der Waals surface area contributed by atoms with Crippen molar-refractivity contribution in [1.82, 2.24) is 35.6 Å². The maximum absolute atomic E-state index is 11.9. The van der Waals surface area contributed by atoms with Gasteiger partial charge in [-0.2, -0.15) is 0 Å². The molecule has 29 heavy (non-hydrogen) atoms. The van der Waals surface area contributed by atoms with Gasteiger partial charge in [0.2, 0.25) is 11.7 Å². The van der Waals surface area contributed by atoms with E-state index in [0.717, 1.165) is 32.1 Å². The Morgan fingerprint density at radius 3 is 2.72 bits per heavy atom. The van der Waals surface area contributed by atoms with Gasteiger partial charge in [0.15, 0.2) is 11.7 Å². The normalized spacial score (nSPS) is 15.3. The number of piperazine rings is 1. The number of furan rings is 1. The fraction of sp³-hybridized carbons (Fsp3) is 0.556. The highest BCUT2D eigenvalue weighted by atomic mass is 127. The number of halogens is 1. The fourth-order valence-electron chi connectivity index (χ4n) is 3.07. The van der Waals surface area contributed by atoms with E-state index in [0.29, 0.717) is 30.5 Å². The molecule has 1 fully saturated rings. The standard InChI is InChI=1S/C18H28N8O2.HI/c1-13(2)21-16(27)12-25-6-8-26(9-7-25)18(19-3)20-11-15-22-17(24-23-15)14-5-4-10-28-14;/h4-5,10,13H,6-9,11-12H2,1-3H3,(H,19,20)(H,21,27)(H,22,23,24);1H. The zero-order valence-corrected chi connectivity index (χ0v) is 19.3. The molecule has 0 bridgehead atoms. The SMILES string of the molecule is CN=C(NCc1nc(-c2ccco2)n[nH]1)N1CCN(CC(=O)NC(C)C)CC1.I. The number of H-pyrrole nitrogens is 1. The lowest BCUT2D eigenvalue weighted by molar-refractivity contribution is -0.123. The van der Waals surface area contributed by atoms with Crippen molar-refractivity contribution in [1.29, 1.82) is 0 Å². The summed E-state index contributed by atoms with van der Waals surface area (Å²) in [7, 11) is 1.76. The van der Waals surface area contributed by atoms with Crippen LogP contribution in [0.4, 0.5) is 0 Å². The van der Waals surface area contributed by atoms with Crippen molar-refractivity contribution in [3.8, 4) is 11.6 Å². The minimum Gasteiger partial charge on any atom is -0.461 e. The number of rotatable bonds is 6. The number of carbonyl (C=O) groups excluding carboxylic acids is 1. The maximum Gasteiger partial charge on any atom is 0.234 e. The van der Waals surface area contributed by atoms with Crippen LogP contribution in [-0.4, -0.2) is 82.7 Å². The summed E-state index contributed by atoms with van der Waals surface area (Å²) in [6, 6.07) is 3.79. The number of aliphatic imine (C=N–C) groups is 1. The molecule has 0 radical (unpaired) electrons. The number of aromatic amines is 1. The Morgan fingerprint density at radius 1 is 1.34 bits per heavy atom. The molecule has 0 atom stereocenters. The van der Waals surface area contributed by atoms with Crippen molar-refractivity contribution in [2.24, 2.45) is 4.99 Å². The van der Waals surface area contributed by atoms with E-state index >= 15 is 0 Å². The third-order valence-electron chi connectivity index (χ3n) is 4.39. The van der Waals surface area contributed by atoms with Gasteiger partial charge in [-0.15, -0.1) is 29.1 Å². The van der Waals surface area contributed by atoms with Crippen LogP contribution in [0.3, 0.4) is 0 Å². The van der Waals surface area contributed by atoms with Gasteiger partial charge >= 0.3 is 0 Å². The Kier molecular flexibility index (Phi) is 8.89. The maximum atomic E-state index is 11.9. The van der Waals surface area contributed by atoms with E-state index in [1.807, 2.05) is 19.9 Å². The van der Waals surface area contributed by atoms with Crippen molar-refractivity contribution in [2.45, 2.75) is 26.4 Å². The van der Waals surface area contributed by atoms with Crippen molar-refractivity contribution < 1.29 is 9.21 Å². The summed E-state index contributed by atoms with van der Waals surface area (Å²) in [6.45, 7) is 8.11. The molecule has 10 nitrogen and oxygen atoms in total. The first-order chi connectivity index (χ1) is 13.5. The first-order valence-corrected chi connectivity index (χ1v) is 9.47. The molecule has 2 aromatic heterocycles. The van der Waals surface area contributed by atoms with Crippen LogP contribution in [0.2, 0.25) is 0 Å². The van der Waals surface area contributed by atoms with E-state index in [9.17, 15) is 4.79 Å². The molecule has 160 valence electrons. The highest BCUT2D eigenvalue weighted by Crippen LogP contribution is 2.14. The molecular weight excluding hydrogens is 487 g/mol. The lowest BCUT2D eigenvalue weighted by Gasteiger charge is -2.36. The molecule has 3 rings (SSSR count). The Labute approximate surface area is 187 Å². The number of carbonyl (C=O) groups is 1. The average Bonchev–Trinajstić information content (AvgIpc) is 3.34. The van der Waals surface area contributed by atoms with Gasteiger partial charge < -0.3 is 20.0 Å². The van der Waals surface area contributed by atoms with E-state index in [1.165, 1.54) is 0 Å². The van der Waals surface area contributed by atoms with E-state index in [1.54, 1.807) is 19.4 Å². The van der Waals surface area contributed by atoms with Crippen molar-refractivity contribution in [2.75, 3.05) is 39.8 Å². The molecule has 0 spiro atoms. The number of hydrogen-bond acceptors (Lipinski definition) is 6. The molecule has 1 aliphatic heterocycles. The van der Waals surface area contributed by atoms with Crippen LogP contribution in [0.5, 0.6) is 0 Å². The highest BCUT2D eigenvalue weighted by Gasteiger charge is 2.21. The number of hydrogen-bond donors (Lipinski definition) is 3. The van der Waals surface area contributed by atoms with Crippen LogP contribution in [-0.2, 0) is 11.3 Å². The molecular formula is C18H29IN8O2. The first kappa shape index (κ1) is 23.1. The Balaban J connectivity index is 0.00000300. The largest absolute Gasteiger partial charge is 0.461 e. The second-order valence-corrected chi connectivity index (χ2v) is 6.97. The Bertz CT molecular complexity index is 782. The lowest BCUT2D eigenvalue weighted by Crippen LogP contribution is -2.54.